The summed E-state index contributed by atoms with van der Waals surface area (Å²) in [4.78, 5) is 25.3. The number of carbonyl (C=O) groups excluding carboxylic acids is 1. The lowest BCUT2D eigenvalue weighted by Crippen LogP contribution is -2.44. The molecule has 1 saturated carbocycles. The van der Waals surface area contributed by atoms with E-state index >= 15 is 0 Å². The fourth-order valence-corrected chi connectivity index (χ4v) is 3.64. The first-order chi connectivity index (χ1) is 11.5. The highest BCUT2D eigenvalue weighted by Gasteiger charge is 2.29. The molecule has 1 N–H and O–H groups in total. The molecule has 1 fully saturated rings. The summed E-state index contributed by atoms with van der Waals surface area (Å²) in [6.07, 6.45) is 3.36. The molecule has 128 valence electrons. The van der Waals surface area contributed by atoms with Crippen LogP contribution in [0.1, 0.15) is 50.5 Å². The van der Waals surface area contributed by atoms with Crippen LogP contribution in [0.25, 0.3) is 10.8 Å². The van der Waals surface area contributed by atoms with Gasteiger partial charge in [0, 0.05) is 18.0 Å². The van der Waals surface area contributed by atoms with Gasteiger partial charge in [0.15, 0.2) is 5.69 Å². The zero-order valence-electron chi connectivity index (χ0n) is 14.6. The minimum Gasteiger partial charge on any atom is -0.348 e. The van der Waals surface area contributed by atoms with Crippen molar-refractivity contribution in [2.75, 3.05) is 0 Å². The van der Waals surface area contributed by atoms with Crippen LogP contribution in [-0.4, -0.2) is 21.7 Å². The molecule has 0 saturated heterocycles. The quantitative estimate of drug-likeness (QED) is 0.942. The van der Waals surface area contributed by atoms with E-state index in [1.54, 1.807) is 12.1 Å². The number of benzene rings is 1. The zero-order valence-corrected chi connectivity index (χ0v) is 14.6. The molecule has 1 heterocycles. The molecule has 1 aliphatic carbocycles. The molecule has 0 spiro atoms. The number of amides is 1. The van der Waals surface area contributed by atoms with Crippen LogP contribution < -0.4 is 10.9 Å². The Bertz CT molecular complexity index is 812. The van der Waals surface area contributed by atoms with Crippen LogP contribution in [0.5, 0.6) is 0 Å². The van der Waals surface area contributed by atoms with Crippen LogP contribution in [0.4, 0.5) is 0 Å². The highest BCUT2D eigenvalue weighted by atomic mass is 16.2. The summed E-state index contributed by atoms with van der Waals surface area (Å²) in [6, 6.07) is 7.38. The highest BCUT2D eigenvalue weighted by Crippen LogP contribution is 2.29. The summed E-state index contributed by atoms with van der Waals surface area (Å²) < 4.78 is 1.37. The molecule has 3 atom stereocenters. The molecule has 0 unspecified atom stereocenters. The number of aryl methyl sites for hydroxylation is 1. The summed E-state index contributed by atoms with van der Waals surface area (Å²) in [5, 5.41) is 8.65. The topological polar surface area (TPSA) is 64.0 Å². The number of aromatic nitrogens is 2. The predicted octanol–water partition coefficient (Wildman–Crippen LogP) is 2.97. The number of hydrogen-bond acceptors (Lipinski definition) is 3. The Morgan fingerprint density at radius 3 is 2.67 bits per heavy atom. The SMILES string of the molecule is CCn1nc(C(=O)N[C@H]2CCC[C@@H](C)[C@@H]2C)c2ccccc2c1=O. The van der Waals surface area contributed by atoms with Gasteiger partial charge in [0.2, 0.25) is 0 Å². The average molecular weight is 327 g/mol. The molecular weight excluding hydrogens is 302 g/mol. The third-order valence-corrected chi connectivity index (χ3v) is 5.41. The number of nitrogens with zero attached hydrogens (tertiary/aromatic N) is 2. The molecule has 0 radical (unpaired) electrons. The predicted molar refractivity (Wildman–Crippen MR) is 95.1 cm³/mol. The second-order valence-corrected chi connectivity index (χ2v) is 6.86. The first-order valence-electron chi connectivity index (χ1n) is 8.83. The fourth-order valence-electron chi connectivity index (χ4n) is 3.64. The molecule has 0 aliphatic heterocycles. The number of rotatable bonds is 3. The largest absolute Gasteiger partial charge is 0.348 e. The molecule has 0 bridgehead atoms. The molecule has 1 aromatic carbocycles. The van der Waals surface area contributed by atoms with E-state index < -0.39 is 0 Å². The van der Waals surface area contributed by atoms with Gasteiger partial charge in [0.05, 0.1) is 5.39 Å². The highest BCUT2D eigenvalue weighted by molar-refractivity contribution is 6.04. The van der Waals surface area contributed by atoms with Crippen molar-refractivity contribution in [3.63, 3.8) is 0 Å². The maximum atomic E-state index is 12.9. The maximum Gasteiger partial charge on any atom is 0.274 e. The fraction of sp³-hybridized carbons (Fsp3) is 0.526. The summed E-state index contributed by atoms with van der Waals surface area (Å²) in [5.41, 5.74) is 0.196. The Balaban J connectivity index is 1.98. The number of hydrogen-bond donors (Lipinski definition) is 1. The summed E-state index contributed by atoms with van der Waals surface area (Å²) in [7, 11) is 0. The van der Waals surface area contributed by atoms with Crippen molar-refractivity contribution < 1.29 is 4.79 Å². The Hall–Kier alpha value is -2.17. The summed E-state index contributed by atoms with van der Waals surface area (Å²) in [5.74, 6) is 0.878. The second-order valence-electron chi connectivity index (χ2n) is 6.86. The van der Waals surface area contributed by atoms with E-state index in [9.17, 15) is 9.59 Å². The van der Waals surface area contributed by atoms with Crippen LogP contribution in [0.15, 0.2) is 29.1 Å². The van der Waals surface area contributed by atoms with Crippen molar-refractivity contribution in [2.45, 2.75) is 52.6 Å². The van der Waals surface area contributed by atoms with E-state index in [0.717, 1.165) is 12.8 Å². The first kappa shape index (κ1) is 16.7. The summed E-state index contributed by atoms with van der Waals surface area (Å²) >= 11 is 0. The van der Waals surface area contributed by atoms with Gasteiger partial charge in [0.1, 0.15) is 0 Å². The van der Waals surface area contributed by atoms with Gasteiger partial charge < -0.3 is 5.32 Å². The van der Waals surface area contributed by atoms with Gasteiger partial charge in [-0.3, -0.25) is 9.59 Å². The number of nitrogens with one attached hydrogen (secondary N) is 1. The molecule has 1 aromatic heterocycles. The van der Waals surface area contributed by atoms with Crippen molar-refractivity contribution in [2.24, 2.45) is 11.8 Å². The molecule has 5 nitrogen and oxygen atoms in total. The monoisotopic (exact) mass is 327 g/mol. The van der Waals surface area contributed by atoms with Gasteiger partial charge in [-0.1, -0.05) is 44.9 Å². The Kier molecular flexibility index (Phi) is 4.69. The lowest BCUT2D eigenvalue weighted by atomic mass is 9.78. The number of fused-ring (bicyclic) bond motifs is 1. The molecule has 3 rings (SSSR count). The van der Waals surface area contributed by atoms with Crippen LogP contribution in [0, 0.1) is 11.8 Å². The van der Waals surface area contributed by atoms with E-state index in [1.807, 2.05) is 19.1 Å². The maximum absolute atomic E-state index is 12.9. The minimum atomic E-state index is -0.181. The zero-order chi connectivity index (χ0) is 17.3. The first-order valence-corrected chi connectivity index (χ1v) is 8.83. The van der Waals surface area contributed by atoms with E-state index in [-0.39, 0.29) is 17.5 Å². The van der Waals surface area contributed by atoms with Gasteiger partial charge >= 0.3 is 0 Å². The minimum absolute atomic E-state index is 0.149. The standard InChI is InChI=1S/C19H25N3O2/c1-4-22-19(24)15-10-6-5-9-14(15)17(21-22)18(23)20-16-11-7-8-12(2)13(16)3/h5-6,9-10,12-13,16H,4,7-8,11H2,1-3H3,(H,20,23)/t12-,13+,16+/m1/s1. The normalized spacial score (nSPS) is 24.0. The molecule has 5 heteroatoms. The third-order valence-electron chi connectivity index (χ3n) is 5.41. The molecule has 2 aromatic rings. The molecular formula is C19H25N3O2. The Morgan fingerprint density at radius 1 is 1.25 bits per heavy atom. The summed E-state index contributed by atoms with van der Waals surface area (Å²) in [6.45, 7) is 6.75. The third kappa shape index (κ3) is 2.95. The molecule has 1 amide bonds. The lowest BCUT2D eigenvalue weighted by molar-refractivity contribution is 0.0885. The van der Waals surface area contributed by atoms with Gasteiger partial charge in [-0.05, 0) is 31.2 Å². The van der Waals surface area contributed by atoms with Crippen molar-refractivity contribution in [3.05, 3.63) is 40.3 Å². The smallest absolute Gasteiger partial charge is 0.274 e. The van der Waals surface area contributed by atoms with Gasteiger partial charge in [0.25, 0.3) is 11.5 Å². The Morgan fingerprint density at radius 2 is 1.96 bits per heavy atom. The van der Waals surface area contributed by atoms with Crippen LogP contribution in [0.3, 0.4) is 0 Å². The van der Waals surface area contributed by atoms with Crippen molar-refractivity contribution in [1.29, 1.82) is 0 Å². The Labute approximate surface area is 142 Å². The number of carbonyl (C=O) groups is 1. The van der Waals surface area contributed by atoms with Gasteiger partial charge in [-0.15, -0.1) is 0 Å². The van der Waals surface area contributed by atoms with Crippen LogP contribution in [-0.2, 0) is 6.54 Å². The van der Waals surface area contributed by atoms with E-state index in [2.05, 4.69) is 24.3 Å². The van der Waals surface area contributed by atoms with E-state index in [1.165, 1.54) is 11.1 Å². The van der Waals surface area contributed by atoms with E-state index in [0.29, 0.717) is 34.8 Å². The molecule has 1 aliphatic rings. The van der Waals surface area contributed by atoms with Gasteiger partial charge in [-0.2, -0.15) is 5.10 Å². The second kappa shape index (κ2) is 6.75. The lowest BCUT2D eigenvalue weighted by Gasteiger charge is -2.34. The van der Waals surface area contributed by atoms with Crippen LogP contribution in [0.2, 0.25) is 0 Å². The average Bonchev–Trinajstić information content (AvgIpc) is 2.59. The van der Waals surface area contributed by atoms with Crippen molar-refractivity contribution >= 4 is 16.7 Å². The van der Waals surface area contributed by atoms with Crippen molar-refractivity contribution in [3.8, 4) is 0 Å². The van der Waals surface area contributed by atoms with E-state index in [4.69, 9.17) is 0 Å². The van der Waals surface area contributed by atoms with Crippen molar-refractivity contribution in [1.82, 2.24) is 15.1 Å². The van der Waals surface area contributed by atoms with Crippen LogP contribution >= 0.6 is 0 Å². The molecule has 24 heavy (non-hydrogen) atoms. The van der Waals surface area contributed by atoms with Gasteiger partial charge in [-0.25, -0.2) is 4.68 Å².